The van der Waals surface area contributed by atoms with Gasteiger partial charge in [0.1, 0.15) is 0 Å². The van der Waals surface area contributed by atoms with Gasteiger partial charge in [0.2, 0.25) is 0 Å². The van der Waals surface area contributed by atoms with Crippen molar-refractivity contribution in [2.24, 2.45) is 0 Å². The lowest BCUT2D eigenvalue weighted by molar-refractivity contribution is 0.0432. The van der Waals surface area contributed by atoms with Crippen molar-refractivity contribution in [3.8, 4) is 11.5 Å². The quantitative estimate of drug-likeness (QED) is 0.798. The minimum absolute atomic E-state index is 0.0281. The Morgan fingerprint density at radius 3 is 2.60 bits per heavy atom. The van der Waals surface area contributed by atoms with Crippen molar-refractivity contribution in [2.45, 2.75) is 18.9 Å². The fourth-order valence-electron chi connectivity index (χ4n) is 3.43. The first-order valence-electron chi connectivity index (χ1n) is 8.67. The van der Waals surface area contributed by atoms with Crippen LogP contribution in [0, 0.1) is 0 Å². The predicted octanol–water partition coefficient (Wildman–Crippen LogP) is 2.29. The van der Waals surface area contributed by atoms with Crippen LogP contribution in [-0.4, -0.2) is 75.4 Å². The molecule has 1 atom stereocenters. The molecule has 2 aliphatic rings. The normalized spacial score (nSPS) is 21.4. The number of hydrogen-bond acceptors (Lipinski definition) is 5. The smallest absolute Gasteiger partial charge is 0.254 e. The number of ether oxygens (including phenoxy) is 3. The fourth-order valence-corrected chi connectivity index (χ4v) is 3.72. The second-order valence-corrected chi connectivity index (χ2v) is 6.83. The van der Waals surface area contributed by atoms with Crippen molar-refractivity contribution in [1.82, 2.24) is 9.80 Å². The van der Waals surface area contributed by atoms with Crippen LogP contribution < -0.4 is 9.47 Å². The highest BCUT2D eigenvalue weighted by Crippen LogP contribution is 2.36. The SMILES string of the molecule is COc1cc(C(=O)N2CCN(CC3CCCO3)CC2)cc(Cl)c1OC. The van der Waals surface area contributed by atoms with Gasteiger partial charge < -0.3 is 19.1 Å². The third kappa shape index (κ3) is 4.19. The second-order valence-electron chi connectivity index (χ2n) is 6.42. The summed E-state index contributed by atoms with van der Waals surface area (Å²) >= 11 is 6.22. The van der Waals surface area contributed by atoms with E-state index in [0.29, 0.717) is 41.3 Å². The first-order chi connectivity index (χ1) is 12.1. The van der Waals surface area contributed by atoms with E-state index in [9.17, 15) is 4.79 Å². The summed E-state index contributed by atoms with van der Waals surface area (Å²) in [5.41, 5.74) is 0.523. The molecule has 6 nitrogen and oxygen atoms in total. The van der Waals surface area contributed by atoms with E-state index in [1.54, 1.807) is 12.1 Å². The number of halogens is 1. The Morgan fingerprint density at radius 2 is 2.00 bits per heavy atom. The van der Waals surface area contributed by atoms with Gasteiger partial charge in [0.05, 0.1) is 25.3 Å². The Hall–Kier alpha value is -1.50. The lowest BCUT2D eigenvalue weighted by Crippen LogP contribution is -2.50. The maximum Gasteiger partial charge on any atom is 0.254 e. The zero-order valence-corrected chi connectivity index (χ0v) is 15.6. The van der Waals surface area contributed by atoms with Gasteiger partial charge in [-0.1, -0.05) is 11.6 Å². The summed E-state index contributed by atoms with van der Waals surface area (Å²) in [6, 6.07) is 3.33. The molecule has 0 N–H and O–H groups in total. The molecule has 7 heteroatoms. The summed E-state index contributed by atoms with van der Waals surface area (Å²) in [6.45, 7) is 4.99. The summed E-state index contributed by atoms with van der Waals surface area (Å²) in [7, 11) is 3.06. The summed E-state index contributed by atoms with van der Waals surface area (Å²) in [5.74, 6) is 0.886. The number of methoxy groups -OCH3 is 2. The van der Waals surface area contributed by atoms with Gasteiger partial charge in [0.15, 0.2) is 11.5 Å². The van der Waals surface area contributed by atoms with Crippen molar-refractivity contribution in [3.63, 3.8) is 0 Å². The van der Waals surface area contributed by atoms with Gasteiger partial charge in [-0.3, -0.25) is 9.69 Å². The molecule has 1 amide bonds. The molecule has 0 saturated carbocycles. The Bertz CT molecular complexity index is 611. The number of amides is 1. The molecule has 25 heavy (non-hydrogen) atoms. The monoisotopic (exact) mass is 368 g/mol. The van der Waals surface area contributed by atoms with E-state index in [2.05, 4.69) is 4.90 Å². The van der Waals surface area contributed by atoms with E-state index in [4.69, 9.17) is 25.8 Å². The Morgan fingerprint density at radius 1 is 1.24 bits per heavy atom. The summed E-state index contributed by atoms with van der Waals surface area (Å²) in [5, 5.41) is 0.377. The van der Waals surface area contributed by atoms with Crippen LogP contribution >= 0.6 is 11.6 Å². The topological polar surface area (TPSA) is 51.2 Å². The molecule has 2 heterocycles. The highest BCUT2D eigenvalue weighted by molar-refractivity contribution is 6.32. The van der Waals surface area contributed by atoms with Gasteiger partial charge in [-0.15, -0.1) is 0 Å². The molecule has 1 aromatic rings. The highest BCUT2D eigenvalue weighted by Gasteiger charge is 2.26. The van der Waals surface area contributed by atoms with Crippen LogP contribution in [0.1, 0.15) is 23.2 Å². The minimum atomic E-state index is -0.0281. The van der Waals surface area contributed by atoms with Gasteiger partial charge in [-0.2, -0.15) is 0 Å². The van der Waals surface area contributed by atoms with Crippen molar-refractivity contribution in [1.29, 1.82) is 0 Å². The van der Waals surface area contributed by atoms with Gasteiger partial charge in [-0.25, -0.2) is 0 Å². The minimum Gasteiger partial charge on any atom is -0.493 e. The van der Waals surface area contributed by atoms with Gasteiger partial charge in [0.25, 0.3) is 5.91 Å². The lowest BCUT2D eigenvalue weighted by atomic mass is 10.1. The van der Waals surface area contributed by atoms with E-state index in [-0.39, 0.29) is 5.91 Å². The first-order valence-corrected chi connectivity index (χ1v) is 9.05. The number of carbonyl (C=O) groups is 1. The standard InChI is InChI=1S/C18H25ClN2O4/c1-23-16-11-13(10-15(19)17(16)24-2)18(22)21-7-5-20(6-8-21)12-14-4-3-9-25-14/h10-11,14H,3-9,12H2,1-2H3. The first kappa shape index (κ1) is 18.3. The average Bonchev–Trinajstić information content (AvgIpc) is 3.14. The molecule has 2 saturated heterocycles. The van der Waals surface area contributed by atoms with E-state index in [1.165, 1.54) is 14.2 Å². The van der Waals surface area contributed by atoms with Crippen molar-refractivity contribution in [2.75, 3.05) is 53.6 Å². The largest absolute Gasteiger partial charge is 0.493 e. The second kappa shape index (κ2) is 8.25. The molecular weight excluding hydrogens is 344 g/mol. The average molecular weight is 369 g/mol. The molecule has 0 spiro atoms. The van der Waals surface area contributed by atoms with Gasteiger partial charge in [-0.05, 0) is 25.0 Å². The summed E-state index contributed by atoms with van der Waals surface area (Å²) in [6.07, 6.45) is 2.65. The van der Waals surface area contributed by atoms with Crippen molar-refractivity contribution in [3.05, 3.63) is 22.7 Å². The Kier molecular flexibility index (Phi) is 6.04. The molecule has 0 aliphatic carbocycles. The fraction of sp³-hybridized carbons (Fsp3) is 0.611. The predicted molar refractivity (Wildman–Crippen MR) is 95.9 cm³/mol. The number of benzene rings is 1. The number of hydrogen-bond donors (Lipinski definition) is 0. The zero-order chi connectivity index (χ0) is 17.8. The molecule has 2 fully saturated rings. The number of piperazine rings is 1. The van der Waals surface area contributed by atoms with Crippen LogP contribution in [0.5, 0.6) is 11.5 Å². The number of rotatable bonds is 5. The van der Waals surface area contributed by atoms with Crippen molar-refractivity contribution >= 4 is 17.5 Å². The maximum atomic E-state index is 12.8. The lowest BCUT2D eigenvalue weighted by Gasteiger charge is -2.35. The van der Waals surface area contributed by atoms with Crippen LogP contribution in [-0.2, 0) is 4.74 Å². The van der Waals surface area contributed by atoms with Crippen LogP contribution in [0.25, 0.3) is 0 Å². The molecule has 2 aliphatic heterocycles. The van der Waals surface area contributed by atoms with E-state index >= 15 is 0 Å². The van der Waals surface area contributed by atoms with Crippen LogP contribution in [0.4, 0.5) is 0 Å². The van der Waals surface area contributed by atoms with E-state index < -0.39 is 0 Å². The number of nitrogens with zero attached hydrogens (tertiary/aromatic N) is 2. The molecule has 138 valence electrons. The van der Waals surface area contributed by atoms with Gasteiger partial charge >= 0.3 is 0 Å². The van der Waals surface area contributed by atoms with Crippen molar-refractivity contribution < 1.29 is 19.0 Å². The number of carbonyl (C=O) groups excluding carboxylic acids is 1. The van der Waals surface area contributed by atoms with Crippen LogP contribution in [0.3, 0.4) is 0 Å². The summed E-state index contributed by atoms with van der Waals surface area (Å²) < 4.78 is 16.2. The molecule has 0 radical (unpaired) electrons. The molecule has 3 rings (SSSR count). The Labute approximate surface area is 153 Å². The third-order valence-corrected chi connectivity index (χ3v) is 5.11. The van der Waals surface area contributed by atoms with Crippen LogP contribution in [0.15, 0.2) is 12.1 Å². The molecule has 1 aromatic carbocycles. The molecular formula is C18H25ClN2O4. The molecule has 0 bridgehead atoms. The zero-order valence-electron chi connectivity index (χ0n) is 14.8. The Balaban J connectivity index is 1.61. The van der Waals surface area contributed by atoms with Gasteiger partial charge in [0, 0.05) is 44.9 Å². The van der Waals surface area contributed by atoms with E-state index in [0.717, 1.165) is 39.1 Å². The highest BCUT2D eigenvalue weighted by atomic mass is 35.5. The maximum absolute atomic E-state index is 12.8. The molecule has 0 aromatic heterocycles. The van der Waals surface area contributed by atoms with E-state index in [1.807, 2.05) is 4.90 Å². The summed E-state index contributed by atoms with van der Waals surface area (Å²) in [4.78, 5) is 17.0. The van der Waals surface area contributed by atoms with Crippen LogP contribution in [0.2, 0.25) is 5.02 Å². The molecule has 1 unspecified atom stereocenters. The third-order valence-electron chi connectivity index (χ3n) is 4.83.